The Morgan fingerprint density at radius 3 is 3.06 bits per heavy atom. The van der Waals surface area contributed by atoms with E-state index in [2.05, 4.69) is 9.97 Å². The van der Waals surface area contributed by atoms with Crippen LogP contribution in [0, 0.1) is 0 Å². The maximum absolute atomic E-state index is 11.6. The molecule has 17 heavy (non-hydrogen) atoms. The van der Waals surface area contributed by atoms with Gasteiger partial charge in [0, 0.05) is 17.0 Å². The van der Waals surface area contributed by atoms with Crippen molar-refractivity contribution in [3.63, 3.8) is 0 Å². The molecule has 0 radical (unpaired) electrons. The lowest BCUT2D eigenvalue weighted by Gasteiger charge is -1.96. The van der Waals surface area contributed by atoms with Crippen LogP contribution >= 0.6 is 12.2 Å². The molecule has 0 aromatic carbocycles. The van der Waals surface area contributed by atoms with Crippen LogP contribution in [0.2, 0.25) is 0 Å². The number of furan rings is 1. The summed E-state index contributed by atoms with van der Waals surface area (Å²) >= 11 is 4.82. The van der Waals surface area contributed by atoms with E-state index in [-0.39, 0.29) is 16.1 Å². The molecule has 0 aliphatic heterocycles. The van der Waals surface area contributed by atoms with E-state index in [1.807, 2.05) is 6.07 Å². The molecule has 3 rings (SSSR count). The molecule has 0 aliphatic carbocycles. The molecule has 0 bridgehead atoms. The fraction of sp³-hybridized carbons (Fsp3) is 0. The Bertz CT molecular complexity index is 803. The fourth-order valence-electron chi connectivity index (χ4n) is 1.75. The average molecular weight is 245 g/mol. The molecule has 84 valence electrons. The highest BCUT2D eigenvalue weighted by Gasteiger charge is 2.12. The molecule has 0 saturated carbocycles. The van der Waals surface area contributed by atoms with Crippen molar-refractivity contribution in [3.8, 4) is 0 Å². The summed E-state index contributed by atoms with van der Waals surface area (Å²) < 4.78 is 5.42. The van der Waals surface area contributed by atoms with E-state index in [0.717, 1.165) is 10.8 Å². The molecule has 0 fully saturated rings. The zero-order valence-corrected chi connectivity index (χ0v) is 9.38. The van der Waals surface area contributed by atoms with Gasteiger partial charge in [0.05, 0.1) is 5.56 Å². The Morgan fingerprint density at radius 1 is 1.47 bits per heavy atom. The van der Waals surface area contributed by atoms with Crippen LogP contribution in [0.15, 0.2) is 33.6 Å². The standard InChI is InChI=1S/C11H7N3O2S/c12-8(17)7-4-6-5-2-1-3-13-10(5)16-11(6)14-9(7)15/h1-4H,(H2,12,17)(H,14,15). The Balaban J connectivity index is 2.52. The predicted octanol–water partition coefficient (Wildman–Crippen LogP) is 1.30. The molecule has 3 heterocycles. The number of fused-ring (bicyclic) bond motifs is 3. The number of hydrogen-bond donors (Lipinski definition) is 2. The van der Waals surface area contributed by atoms with E-state index in [1.165, 1.54) is 0 Å². The number of H-pyrrole nitrogens is 1. The molecule has 0 unspecified atom stereocenters. The highest BCUT2D eigenvalue weighted by molar-refractivity contribution is 7.80. The number of thiocarbonyl (C=S) groups is 1. The lowest BCUT2D eigenvalue weighted by atomic mass is 10.2. The first-order valence-electron chi connectivity index (χ1n) is 4.87. The summed E-state index contributed by atoms with van der Waals surface area (Å²) in [5.41, 5.74) is 6.25. The Kier molecular flexibility index (Phi) is 1.99. The third kappa shape index (κ3) is 1.42. The van der Waals surface area contributed by atoms with Gasteiger partial charge in [-0.15, -0.1) is 0 Å². The average Bonchev–Trinajstić information content (AvgIpc) is 2.64. The number of aromatic amines is 1. The van der Waals surface area contributed by atoms with E-state index in [9.17, 15) is 4.79 Å². The molecule has 6 heteroatoms. The fourth-order valence-corrected chi connectivity index (χ4v) is 1.90. The molecule has 5 nitrogen and oxygen atoms in total. The second-order valence-electron chi connectivity index (χ2n) is 3.58. The van der Waals surface area contributed by atoms with Crippen molar-refractivity contribution in [2.75, 3.05) is 0 Å². The van der Waals surface area contributed by atoms with Crippen molar-refractivity contribution in [1.29, 1.82) is 0 Å². The van der Waals surface area contributed by atoms with Crippen LogP contribution in [0.5, 0.6) is 0 Å². The first kappa shape index (κ1) is 9.98. The van der Waals surface area contributed by atoms with Gasteiger partial charge in [0.25, 0.3) is 5.56 Å². The first-order valence-corrected chi connectivity index (χ1v) is 5.28. The van der Waals surface area contributed by atoms with Crippen LogP contribution in [0.3, 0.4) is 0 Å². The third-order valence-corrected chi connectivity index (χ3v) is 2.75. The van der Waals surface area contributed by atoms with Gasteiger partial charge in [-0.25, -0.2) is 4.98 Å². The van der Waals surface area contributed by atoms with Gasteiger partial charge in [-0.3, -0.25) is 9.78 Å². The van der Waals surface area contributed by atoms with Crippen molar-refractivity contribution in [2.24, 2.45) is 5.73 Å². The zero-order chi connectivity index (χ0) is 12.0. The third-order valence-electron chi connectivity index (χ3n) is 2.53. The molecular formula is C11H7N3O2S. The highest BCUT2D eigenvalue weighted by atomic mass is 32.1. The lowest BCUT2D eigenvalue weighted by molar-refractivity contribution is 0.638. The molecule has 3 aromatic heterocycles. The molecule has 0 amide bonds. The van der Waals surface area contributed by atoms with Crippen molar-refractivity contribution in [3.05, 3.63) is 40.3 Å². The lowest BCUT2D eigenvalue weighted by Crippen LogP contribution is -2.21. The van der Waals surface area contributed by atoms with Crippen molar-refractivity contribution >= 4 is 39.4 Å². The van der Waals surface area contributed by atoms with Crippen LogP contribution < -0.4 is 11.3 Å². The van der Waals surface area contributed by atoms with Crippen molar-refractivity contribution < 1.29 is 4.42 Å². The number of nitrogens with two attached hydrogens (primary N) is 1. The van der Waals surface area contributed by atoms with Crippen LogP contribution in [0.4, 0.5) is 0 Å². The minimum Gasteiger partial charge on any atom is -0.421 e. The van der Waals surface area contributed by atoms with E-state index in [0.29, 0.717) is 11.4 Å². The summed E-state index contributed by atoms with van der Waals surface area (Å²) in [6, 6.07) is 5.28. The van der Waals surface area contributed by atoms with Crippen LogP contribution in [0.1, 0.15) is 5.56 Å². The number of hydrogen-bond acceptors (Lipinski definition) is 4. The highest BCUT2D eigenvalue weighted by Crippen LogP contribution is 2.24. The van der Waals surface area contributed by atoms with E-state index >= 15 is 0 Å². The van der Waals surface area contributed by atoms with Gasteiger partial charge >= 0.3 is 0 Å². The second kappa shape index (κ2) is 3.39. The summed E-state index contributed by atoms with van der Waals surface area (Å²) in [6.07, 6.45) is 1.62. The Labute approximate surface area is 100 Å². The van der Waals surface area contributed by atoms with Crippen LogP contribution in [-0.2, 0) is 0 Å². The van der Waals surface area contributed by atoms with Crippen molar-refractivity contribution in [2.45, 2.75) is 0 Å². The van der Waals surface area contributed by atoms with Gasteiger partial charge in [0.15, 0.2) is 0 Å². The monoisotopic (exact) mass is 245 g/mol. The molecule has 0 aliphatic rings. The van der Waals surface area contributed by atoms with Gasteiger partial charge in [-0.2, -0.15) is 0 Å². The number of rotatable bonds is 1. The van der Waals surface area contributed by atoms with Gasteiger partial charge < -0.3 is 10.2 Å². The molecule has 3 aromatic rings. The Hall–Kier alpha value is -2.21. The quantitative estimate of drug-likeness (QED) is 0.631. The minimum atomic E-state index is -0.357. The number of aromatic nitrogens is 2. The normalized spacial score (nSPS) is 11.1. The molecular weight excluding hydrogens is 238 g/mol. The molecule has 3 N–H and O–H groups in total. The second-order valence-corrected chi connectivity index (χ2v) is 4.02. The van der Waals surface area contributed by atoms with E-state index in [4.69, 9.17) is 22.4 Å². The maximum Gasteiger partial charge on any atom is 0.261 e. The zero-order valence-electron chi connectivity index (χ0n) is 8.56. The summed E-state index contributed by atoms with van der Waals surface area (Å²) in [5, 5.41) is 1.56. The first-order chi connectivity index (χ1) is 8.16. The summed E-state index contributed by atoms with van der Waals surface area (Å²) in [5.74, 6) is 0. The minimum absolute atomic E-state index is 0.0615. The molecule has 0 atom stereocenters. The van der Waals surface area contributed by atoms with Crippen molar-refractivity contribution in [1.82, 2.24) is 9.97 Å². The predicted molar refractivity (Wildman–Crippen MR) is 68.0 cm³/mol. The van der Waals surface area contributed by atoms with Gasteiger partial charge in [0.2, 0.25) is 11.4 Å². The Morgan fingerprint density at radius 2 is 2.29 bits per heavy atom. The maximum atomic E-state index is 11.6. The topological polar surface area (TPSA) is 84.9 Å². The van der Waals surface area contributed by atoms with E-state index in [1.54, 1.807) is 18.3 Å². The van der Waals surface area contributed by atoms with Gasteiger partial charge in [-0.05, 0) is 18.2 Å². The largest absolute Gasteiger partial charge is 0.421 e. The van der Waals surface area contributed by atoms with Crippen LogP contribution in [-0.4, -0.2) is 15.0 Å². The van der Waals surface area contributed by atoms with Gasteiger partial charge in [-0.1, -0.05) is 12.2 Å². The number of nitrogens with zero attached hydrogens (tertiary/aromatic N) is 1. The molecule has 0 spiro atoms. The number of pyridine rings is 2. The summed E-state index contributed by atoms with van der Waals surface area (Å²) in [4.78, 5) is 18.4. The van der Waals surface area contributed by atoms with Gasteiger partial charge in [0.1, 0.15) is 4.99 Å². The van der Waals surface area contributed by atoms with Crippen LogP contribution in [0.25, 0.3) is 22.2 Å². The van der Waals surface area contributed by atoms with E-state index < -0.39 is 0 Å². The number of nitrogens with one attached hydrogen (secondary N) is 1. The smallest absolute Gasteiger partial charge is 0.261 e. The summed E-state index contributed by atoms with van der Waals surface area (Å²) in [6.45, 7) is 0. The molecule has 0 saturated heterocycles. The summed E-state index contributed by atoms with van der Waals surface area (Å²) in [7, 11) is 0. The SMILES string of the molecule is NC(=S)c1cc2c([nH]c1=O)oc1ncccc12.